The fraction of sp³-hybridized carbons (Fsp3) is 0.895. The summed E-state index contributed by atoms with van der Waals surface area (Å²) in [6.07, 6.45) is 7.63. The molecule has 1 atom stereocenters. The van der Waals surface area contributed by atoms with E-state index in [2.05, 4.69) is 48.6 Å². The first-order valence-electron chi connectivity index (χ1n) is 9.39. The monoisotopic (exact) mass is 307 g/mol. The predicted octanol–water partition coefficient (Wildman–Crippen LogP) is 3.08. The van der Waals surface area contributed by atoms with Crippen LogP contribution in [0.25, 0.3) is 0 Å². The number of allylic oxidation sites excluding steroid dienone is 2. The number of nitrogens with zero attached hydrogens (tertiary/aromatic N) is 3. The van der Waals surface area contributed by atoms with E-state index in [0.29, 0.717) is 0 Å². The van der Waals surface area contributed by atoms with Crippen LogP contribution in [0, 0.1) is 5.92 Å². The minimum absolute atomic E-state index is 0.844. The summed E-state index contributed by atoms with van der Waals surface area (Å²) in [7, 11) is 2.25. The van der Waals surface area contributed by atoms with Gasteiger partial charge in [0.25, 0.3) is 0 Å². The van der Waals surface area contributed by atoms with E-state index in [1.165, 1.54) is 71.5 Å². The Morgan fingerprint density at radius 2 is 1.73 bits per heavy atom. The molecule has 0 radical (unpaired) electrons. The summed E-state index contributed by atoms with van der Waals surface area (Å²) in [4.78, 5) is 7.93. The second-order valence-corrected chi connectivity index (χ2v) is 7.48. The molecule has 2 aliphatic heterocycles. The summed E-state index contributed by atoms with van der Waals surface area (Å²) in [6, 6.07) is 0.849. The minimum atomic E-state index is 0.844. The van der Waals surface area contributed by atoms with Gasteiger partial charge in [-0.25, -0.2) is 0 Å². The third kappa shape index (κ3) is 5.36. The van der Waals surface area contributed by atoms with Gasteiger partial charge >= 0.3 is 0 Å². The molecule has 0 amide bonds. The van der Waals surface area contributed by atoms with Gasteiger partial charge in [-0.3, -0.25) is 4.90 Å². The molecule has 2 aliphatic rings. The van der Waals surface area contributed by atoms with Gasteiger partial charge in [0.2, 0.25) is 0 Å². The van der Waals surface area contributed by atoms with Crippen LogP contribution in [0.2, 0.25) is 0 Å². The zero-order valence-electron chi connectivity index (χ0n) is 15.4. The first-order chi connectivity index (χ1) is 10.6. The van der Waals surface area contributed by atoms with Gasteiger partial charge in [0.05, 0.1) is 0 Å². The van der Waals surface area contributed by atoms with Crippen molar-refractivity contribution in [1.29, 1.82) is 0 Å². The van der Waals surface area contributed by atoms with Gasteiger partial charge in [0.15, 0.2) is 0 Å². The van der Waals surface area contributed by atoms with Crippen molar-refractivity contribution in [3.8, 4) is 0 Å². The van der Waals surface area contributed by atoms with Crippen LogP contribution in [-0.4, -0.2) is 73.6 Å². The first-order valence-corrected chi connectivity index (χ1v) is 9.39. The predicted molar refractivity (Wildman–Crippen MR) is 96.4 cm³/mol. The number of likely N-dealkylation sites (N-methyl/N-ethyl adjacent to an activating group) is 1. The normalized spacial score (nSPS) is 25.5. The lowest BCUT2D eigenvalue weighted by Gasteiger charge is -2.42. The molecule has 0 aliphatic carbocycles. The molecule has 2 rings (SSSR count). The number of hydrogen-bond donors (Lipinski definition) is 0. The SMILES string of the molecule is C/C=C(/C)CC(CC)CN1CCC(N2CCN(C)CC2)CC1. The van der Waals surface area contributed by atoms with E-state index >= 15 is 0 Å². The van der Waals surface area contributed by atoms with E-state index in [4.69, 9.17) is 0 Å². The Hall–Kier alpha value is -0.380. The third-order valence-electron chi connectivity index (χ3n) is 5.81. The van der Waals surface area contributed by atoms with Gasteiger partial charge < -0.3 is 9.80 Å². The van der Waals surface area contributed by atoms with Crippen molar-refractivity contribution in [1.82, 2.24) is 14.7 Å². The van der Waals surface area contributed by atoms with Crippen molar-refractivity contribution < 1.29 is 0 Å². The molecule has 3 nitrogen and oxygen atoms in total. The average Bonchev–Trinajstić information content (AvgIpc) is 2.55. The Balaban J connectivity index is 1.72. The van der Waals surface area contributed by atoms with Gasteiger partial charge in [0.1, 0.15) is 0 Å². The topological polar surface area (TPSA) is 9.72 Å². The molecular formula is C19H37N3. The fourth-order valence-electron chi connectivity index (χ4n) is 3.93. The maximum absolute atomic E-state index is 2.75. The Bertz CT molecular complexity index is 337. The average molecular weight is 308 g/mol. The molecule has 22 heavy (non-hydrogen) atoms. The molecular weight excluding hydrogens is 270 g/mol. The van der Waals surface area contributed by atoms with Crippen LogP contribution in [0.5, 0.6) is 0 Å². The molecule has 0 saturated carbocycles. The smallest absolute Gasteiger partial charge is 0.0121 e. The molecule has 0 aromatic carbocycles. The van der Waals surface area contributed by atoms with E-state index in [-0.39, 0.29) is 0 Å². The van der Waals surface area contributed by atoms with E-state index in [9.17, 15) is 0 Å². The van der Waals surface area contributed by atoms with Crippen molar-refractivity contribution in [2.75, 3.05) is 52.9 Å². The second-order valence-electron chi connectivity index (χ2n) is 7.48. The maximum atomic E-state index is 2.75. The van der Waals surface area contributed by atoms with Crippen LogP contribution >= 0.6 is 0 Å². The molecule has 0 aromatic heterocycles. The molecule has 3 heteroatoms. The number of piperidine rings is 1. The second kappa shape index (κ2) is 9.05. The van der Waals surface area contributed by atoms with Crippen molar-refractivity contribution in [2.45, 2.75) is 52.5 Å². The van der Waals surface area contributed by atoms with E-state index in [1.54, 1.807) is 5.57 Å². The summed E-state index contributed by atoms with van der Waals surface area (Å²) in [6.45, 7) is 15.8. The van der Waals surface area contributed by atoms with Gasteiger partial charge in [-0.1, -0.05) is 25.0 Å². The van der Waals surface area contributed by atoms with Crippen molar-refractivity contribution in [3.63, 3.8) is 0 Å². The lowest BCUT2D eigenvalue weighted by atomic mass is 9.95. The molecule has 0 aromatic rings. The zero-order valence-corrected chi connectivity index (χ0v) is 15.4. The molecule has 128 valence electrons. The van der Waals surface area contributed by atoms with Crippen LogP contribution in [0.3, 0.4) is 0 Å². The Kier molecular flexibility index (Phi) is 7.39. The molecule has 2 heterocycles. The van der Waals surface area contributed by atoms with Crippen molar-refractivity contribution in [2.24, 2.45) is 5.92 Å². The van der Waals surface area contributed by atoms with Crippen molar-refractivity contribution in [3.05, 3.63) is 11.6 Å². The fourth-order valence-corrected chi connectivity index (χ4v) is 3.93. The number of rotatable bonds is 6. The summed E-state index contributed by atoms with van der Waals surface area (Å²) in [5, 5.41) is 0. The quantitative estimate of drug-likeness (QED) is 0.698. The third-order valence-corrected chi connectivity index (χ3v) is 5.81. The minimum Gasteiger partial charge on any atom is -0.304 e. The maximum Gasteiger partial charge on any atom is 0.0121 e. The first kappa shape index (κ1) is 18.0. The zero-order chi connectivity index (χ0) is 15.9. The van der Waals surface area contributed by atoms with E-state index in [0.717, 1.165) is 12.0 Å². The number of piperazine rings is 1. The highest BCUT2D eigenvalue weighted by Crippen LogP contribution is 2.22. The summed E-state index contributed by atoms with van der Waals surface area (Å²) in [5.74, 6) is 0.844. The Morgan fingerprint density at radius 1 is 1.09 bits per heavy atom. The highest BCUT2D eigenvalue weighted by atomic mass is 15.3. The van der Waals surface area contributed by atoms with Crippen LogP contribution in [0.4, 0.5) is 0 Å². The lowest BCUT2D eigenvalue weighted by Crippen LogP contribution is -2.52. The molecule has 2 saturated heterocycles. The largest absolute Gasteiger partial charge is 0.304 e. The van der Waals surface area contributed by atoms with Gasteiger partial charge in [-0.2, -0.15) is 0 Å². The molecule has 0 spiro atoms. The van der Waals surface area contributed by atoms with Gasteiger partial charge in [-0.05, 0) is 59.2 Å². The van der Waals surface area contributed by atoms with Gasteiger partial charge in [0, 0.05) is 38.8 Å². The van der Waals surface area contributed by atoms with Crippen LogP contribution < -0.4 is 0 Å². The summed E-state index contributed by atoms with van der Waals surface area (Å²) < 4.78 is 0. The Morgan fingerprint density at radius 3 is 2.27 bits per heavy atom. The van der Waals surface area contributed by atoms with Gasteiger partial charge in [-0.15, -0.1) is 0 Å². The summed E-state index contributed by atoms with van der Waals surface area (Å²) in [5.41, 5.74) is 1.55. The number of likely N-dealkylation sites (tertiary alicyclic amines) is 1. The van der Waals surface area contributed by atoms with Crippen LogP contribution in [0.1, 0.15) is 46.5 Å². The lowest BCUT2D eigenvalue weighted by molar-refractivity contribution is 0.0630. The molecule has 0 N–H and O–H groups in total. The molecule has 2 fully saturated rings. The summed E-state index contributed by atoms with van der Waals surface area (Å²) >= 11 is 0. The molecule has 1 unspecified atom stereocenters. The van der Waals surface area contributed by atoms with E-state index < -0.39 is 0 Å². The van der Waals surface area contributed by atoms with Crippen LogP contribution in [0.15, 0.2) is 11.6 Å². The highest BCUT2D eigenvalue weighted by Gasteiger charge is 2.27. The van der Waals surface area contributed by atoms with Crippen LogP contribution in [-0.2, 0) is 0 Å². The number of hydrogen-bond acceptors (Lipinski definition) is 3. The Labute approximate surface area is 138 Å². The van der Waals surface area contributed by atoms with E-state index in [1.807, 2.05) is 0 Å². The standard InChI is InChI=1S/C19H37N3/c1-5-17(3)15-18(6-2)16-21-9-7-19(8-10-21)22-13-11-20(4)12-14-22/h5,18-19H,6-16H2,1-4H3/b17-5-. The highest BCUT2D eigenvalue weighted by molar-refractivity contribution is 4.97. The van der Waals surface area contributed by atoms with Crippen molar-refractivity contribution >= 4 is 0 Å². The molecule has 0 bridgehead atoms.